The number of thioether (sulfide) groups is 1. The van der Waals surface area contributed by atoms with Gasteiger partial charge < -0.3 is 5.32 Å². The summed E-state index contributed by atoms with van der Waals surface area (Å²) in [6.45, 7) is 2.85. The third-order valence-electron chi connectivity index (χ3n) is 2.27. The van der Waals surface area contributed by atoms with E-state index in [0.29, 0.717) is 5.95 Å². The van der Waals surface area contributed by atoms with Gasteiger partial charge in [-0.1, -0.05) is 12.0 Å². The van der Waals surface area contributed by atoms with Crippen molar-refractivity contribution >= 4 is 23.4 Å². The van der Waals surface area contributed by atoms with Crippen molar-refractivity contribution in [3.05, 3.63) is 23.9 Å². The first-order valence-electron chi connectivity index (χ1n) is 5.38. The second-order valence-corrected chi connectivity index (χ2v) is 4.68. The molecule has 1 N–H and O–H groups in total. The number of aryl methyl sites for hydroxylation is 1. The van der Waals surface area contributed by atoms with Crippen molar-refractivity contribution in [1.29, 1.82) is 0 Å². The van der Waals surface area contributed by atoms with Gasteiger partial charge in [-0.3, -0.25) is 0 Å². The van der Waals surface area contributed by atoms with Gasteiger partial charge in [0.1, 0.15) is 0 Å². The van der Waals surface area contributed by atoms with E-state index in [9.17, 15) is 0 Å². The lowest BCUT2D eigenvalue weighted by Gasteiger charge is -1.98. The van der Waals surface area contributed by atoms with E-state index < -0.39 is 0 Å². The monoisotopic (exact) mass is 246 g/mol. The summed E-state index contributed by atoms with van der Waals surface area (Å²) < 4.78 is 1.78. The summed E-state index contributed by atoms with van der Waals surface area (Å²) in [5.74, 6) is 4.97. The zero-order valence-corrected chi connectivity index (χ0v) is 10.5. The maximum absolute atomic E-state index is 5.17. The molecular weight excluding hydrogens is 232 g/mol. The minimum absolute atomic E-state index is 0.667. The Kier molecular flexibility index (Phi) is 3.89. The predicted octanol–water partition coefficient (Wildman–Crippen LogP) is 1.82. The maximum atomic E-state index is 5.17. The highest BCUT2D eigenvalue weighted by Crippen LogP contribution is 2.09. The minimum atomic E-state index is 0.667. The molecule has 2 aromatic rings. The zero-order chi connectivity index (χ0) is 12.1. The first kappa shape index (κ1) is 11.8. The Bertz CT molecular complexity index is 541. The van der Waals surface area contributed by atoms with Crippen LogP contribution in [0.2, 0.25) is 0 Å². The van der Waals surface area contributed by atoms with Gasteiger partial charge in [-0.15, -0.1) is 23.3 Å². The molecule has 0 spiro atoms. The van der Waals surface area contributed by atoms with Crippen molar-refractivity contribution in [2.75, 3.05) is 23.4 Å². The van der Waals surface area contributed by atoms with Crippen molar-refractivity contribution in [1.82, 2.24) is 14.6 Å². The highest BCUT2D eigenvalue weighted by molar-refractivity contribution is 7.99. The van der Waals surface area contributed by atoms with Crippen LogP contribution in [0, 0.1) is 19.3 Å². The lowest BCUT2D eigenvalue weighted by molar-refractivity contribution is 0.951. The van der Waals surface area contributed by atoms with E-state index >= 15 is 0 Å². The number of hydrogen-bond donors (Lipinski definition) is 1. The van der Waals surface area contributed by atoms with E-state index in [1.165, 1.54) is 0 Å². The van der Waals surface area contributed by atoms with Crippen molar-refractivity contribution in [2.24, 2.45) is 0 Å². The lowest BCUT2D eigenvalue weighted by atomic mass is 10.3. The molecule has 2 aromatic heterocycles. The Hall–Kier alpha value is -1.67. The van der Waals surface area contributed by atoms with Gasteiger partial charge in [0.15, 0.2) is 5.65 Å². The first-order chi connectivity index (χ1) is 8.31. The molecule has 0 atom stereocenters. The van der Waals surface area contributed by atoms with E-state index in [1.807, 2.05) is 25.3 Å². The SMILES string of the molecule is C#CCSCCNc1nc2c(C)cccn2n1. The van der Waals surface area contributed by atoms with Crippen LogP contribution in [0.5, 0.6) is 0 Å². The zero-order valence-electron chi connectivity index (χ0n) is 9.68. The molecule has 0 saturated heterocycles. The van der Waals surface area contributed by atoms with E-state index in [-0.39, 0.29) is 0 Å². The molecule has 0 radical (unpaired) electrons. The summed E-state index contributed by atoms with van der Waals surface area (Å²) in [5, 5.41) is 7.52. The Morgan fingerprint density at radius 1 is 1.59 bits per heavy atom. The molecule has 0 aliphatic carbocycles. The molecule has 0 aliphatic heterocycles. The summed E-state index contributed by atoms with van der Waals surface area (Å²) in [6, 6.07) is 3.99. The number of nitrogens with zero attached hydrogens (tertiary/aromatic N) is 3. The molecule has 2 heterocycles. The number of rotatable bonds is 5. The number of fused-ring (bicyclic) bond motifs is 1. The fourth-order valence-corrected chi connectivity index (χ4v) is 1.99. The largest absolute Gasteiger partial charge is 0.352 e. The van der Waals surface area contributed by atoms with Crippen LogP contribution in [0.15, 0.2) is 18.3 Å². The molecule has 88 valence electrons. The van der Waals surface area contributed by atoms with Gasteiger partial charge in [-0.05, 0) is 18.6 Å². The van der Waals surface area contributed by atoms with Crippen LogP contribution in [-0.2, 0) is 0 Å². The molecule has 0 saturated carbocycles. The second kappa shape index (κ2) is 5.60. The van der Waals surface area contributed by atoms with Gasteiger partial charge in [-0.2, -0.15) is 4.98 Å². The molecular formula is C12H14N4S. The first-order valence-corrected chi connectivity index (χ1v) is 6.54. The molecule has 0 aliphatic rings. The number of anilines is 1. The Morgan fingerprint density at radius 3 is 3.24 bits per heavy atom. The van der Waals surface area contributed by atoms with Crippen LogP contribution < -0.4 is 5.32 Å². The van der Waals surface area contributed by atoms with E-state index in [1.54, 1.807) is 16.3 Å². The van der Waals surface area contributed by atoms with E-state index in [2.05, 4.69) is 21.3 Å². The minimum Gasteiger partial charge on any atom is -0.352 e. The molecule has 2 rings (SSSR count). The van der Waals surface area contributed by atoms with Crippen LogP contribution in [0.25, 0.3) is 5.65 Å². The van der Waals surface area contributed by atoms with Gasteiger partial charge in [0.05, 0.1) is 5.75 Å². The predicted molar refractivity (Wildman–Crippen MR) is 72.4 cm³/mol. The van der Waals surface area contributed by atoms with Crippen molar-refractivity contribution in [3.8, 4) is 12.3 Å². The molecule has 17 heavy (non-hydrogen) atoms. The fraction of sp³-hybridized carbons (Fsp3) is 0.333. The van der Waals surface area contributed by atoms with Gasteiger partial charge in [0.2, 0.25) is 5.95 Å². The van der Waals surface area contributed by atoms with Crippen molar-refractivity contribution in [3.63, 3.8) is 0 Å². The van der Waals surface area contributed by atoms with Gasteiger partial charge in [-0.25, -0.2) is 4.52 Å². The van der Waals surface area contributed by atoms with Gasteiger partial charge >= 0.3 is 0 Å². The highest BCUT2D eigenvalue weighted by Gasteiger charge is 2.03. The number of pyridine rings is 1. The summed E-state index contributed by atoms with van der Waals surface area (Å²) in [7, 11) is 0. The van der Waals surface area contributed by atoms with Crippen molar-refractivity contribution in [2.45, 2.75) is 6.92 Å². The Morgan fingerprint density at radius 2 is 2.47 bits per heavy atom. The van der Waals surface area contributed by atoms with E-state index in [4.69, 9.17) is 6.42 Å². The Labute approximate surface area is 105 Å². The summed E-state index contributed by atoms with van der Waals surface area (Å²) in [5.41, 5.74) is 2.01. The standard InChI is InChI=1S/C12H14N4S/c1-3-8-17-9-6-13-12-14-11-10(2)5-4-7-16(11)15-12/h1,4-5,7H,6,8-9H2,2H3,(H,13,15). The van der Waals surface area contributed by atoms with E-state index in [0.717, 1.165) is 29.3 Å². The quantitative estimate of drug-likeness (QED) is 0.645. The lowest BCUT2D eigenvalue weighted by Crippen LogP contribution is -2.05. The number of hydrogen-bond acceptors (Lipinski definition) is 4. The average Bonchev–Trinajstić information content (AvgIpc) is 2.73. The van der Waals surface area contributed by atoms with Crippen molar-refractivity contribution < 1.29 is 0 Å². The summed E-state index contributed by atoms with van der Waals surface area (Å²) in [6.07, 6.45) is 7.07. The van der Waals surface area contributed by atoms with Gasteiger partial charge in [0.25, 0.3) is 0 Å². The summed E-state index contributed by atoms with van der Waals surface area (Å²) >= 11 is 1.72. The van der Waals surface area contributed by atoms with Gasteiger partial charge in [0, 0.05) is 18.5 Å². The maximum Gasteiger partial charge on any atom is 0.243 e. The third kappa shape index (κ3) is 2.92. The molecule has 0 fully saturated rings. The number of nitrogens with one attached hydrogen (secondary N) is 1. The Balaban J connectivity index is 1.96. The molecule has 5 heteroatoms. The van der Waals surface area contributed by atoms with Crippen LogP contribution in [-0.4, -0.2) is 32.6 Å². The third-order valence-corrected chi connectivity index (χ3v) is 3.14. The van der Waals surface area contributed by atoms with Crippen LogP contribution in [0.4, 0.5) is 5.95 Å². The van der Waals surface area contributed by atoms with Crippen LogP contribution >= 0.6 is 11.8 Å². The number of terminal acetylenes is 1. The topological polar surface area (TPSA) is 42.2 Å². The van der Waals surface area contributed by atoms with Crippen LogP contribution in [0.1, 0.15) is 5.56 Å². The average molecular weight is 246 g/mol. The fourth-order valence-electron chi connectivity index (χ4n) is 1.48. The number of aromatic nitrogens is 3. The normalized spacial score (nSPS) is 10.4. The molecule has 0 amide bonds. The molecule has 0 bridgehead atoms. The van der Waals surface area contributed by atoms with Crippen LogP contribution in [0.3, 0.4) is 0 Å². The molecule has 0 aromatic carbocycles. The second-order valence-electron chi connectivity index (χ2n) is 3.58. The highest BCUT2D eigenvalue weighted by atomic mass is 32.2. The molecule has 4 nitrogen and oxygen atoms in total. The smallest absolute Gasteiger partial charge is 0.243 e. The molecule has 0 unspecified atom stereocenters. The summed E-state index contributed by atoms with van der Waals surface area (Å²) in [4.78, 5) is 4.42.